The minimum atomic E-state index is -5.04. The van der Waals surface area contributed by atoms with Crippen molar-refractivity contribution in [2.24, 2.45) is 0 Å². The highest BCUT2D eigenvalue weighted by Crippen LogP contribution is 2.31. The van der Waals surface area contributed by atoms with Crippen LogP contribution in [0, 0.1) is 6.92 Å². The van der Waals surface area contributed by atoms with Gasteiger partial charge in [-0.2, -0.15) is 13.2 Å². The molecule has 9 heteroatoms. The normalized spacial score (nSPS) is 18.3. The van der Waals surface area contributed by atoms with Crippen molar-refractivity contribution >= 4 is 11.8 Å². The van der Waals surface area contributed by atoms with Gasteiger partial charge in [0.1, 0.15) is 0 Å². The number of amides is 2. The molecule has 1 saturated heterocycles. The fraction of sp³-hybridized carbons (Fsp3) is 0.529. The van der Waals surface area contributed by atoms with Gasteiger partial charge in [0.25, 0.3) is 11.8 Å². The van der Waals surface area contributed by atoms with Crippen molar-refractivity contribution in [3.8, 4) is 0 Å². The maximum atomic E-state index is 12.8. The standard InChI is InChI=1S/C17H22F3N3O3/c1-12-4-6-13(7-5-12)14(24)21(3)23-10-8-22(9-11-23)15(25)16(2,26)17(18,19)20/h4-7,26H,8-11H2,1-3H3/t16-/m1/s1. The molecule has 0 aliphatic carbocycles. The van der Waals surface area contributed by atoms with Crippen molar-refractivity contribution in [1.29, 1.82) is 0 Å². The van der Waals surface area contributed by atoms with Crippen LogP contribution in [-0.4, -0.2) is 76.8 Å². The molecule has 1 atom stereocenters. The Kier molecular flexibility index (Phi) is 5.62. The summed E-state index contributed by atoms with van der Waals surface area (Å²) in [6.45, 7) is 2.70. The first-order chi connectivity index (χ1) is 11.9. The Bertz CT molecular complexity index is 666. The second kappa shape index (κ2) is 7.24. The van der Waals surface area contributed by atoms with Crippen LogP contribution in [0.3, 0.4) is 0 Å². The highest BCUT2D eigenvalue weighted by molar-refractivity contribution is 5.93. The summed E-state index contributed by atoms with van der Waals surface area (Å²) >= 11 is 0. The van der Waals surface area contributed by atoms with Gasteiger partial charge in [-0.05, 0) is 26.0 Å². The Morgan fingerprint density at radius 2 is 1.58 bits per heavy atom. The zero-order valence-corrected chi connectivity index (χ0v) is 14.9. The number of rotatable bonds is 3. The molecule has 0 spiro atoms. The first-order valence-corrected chi connectivity index (χ1v) is 8.13. The molecule has 2 rings (SSSR count). The van der Waals surface area contributed by atoms with Gasteiger partial charge in [0.15, 0.2) is 0 Å². The number of alkyl halides is 3. The lowest BCUT2D eigenvalue weighted by Gasteiger charge is -2.41. The number of piperazine rings is 1. The van der Waals surface area contributed by atoms with E-state index in [1.165, 1.54) is 5.01 Å². The summed E-state index contributed by atoms with van der Waals surface area (Å²) < 4.78 is 38.4. The van der Waals surface area contributed by atoms with E-state index in [1.807, 2.05) is 19.1 Å². The highest BCUT2D eigenvalue weighted by atomic mass is 19.4. The molecule has 1 heterocycles. The largest absolute Gasteiger partial charge is 0.426 e. The van der Waals surface area contributed by atoms with Crippen LogP contribution in [0.15, 0.2) is 24.3 Å². The van der Waals surface area contributed by atoms with E-state index in [0.29, 0.717) is 12.5 Å². The maximum absolute atomic E-state index is 12.8. The molecule has 0 unspecified atom stereocenters. The second-order valence-corrected chi connectivity index (χ2v) is 6.51. The van der Waals surface area contributed by atoms with E-state index in [-0.39, 0.29) is 32.1 Å². The summed E-state index contributed by atoms with van der Waals surface area (Å²) in [5, 5.41) is 12.6. The van der Waals surface area contributed by atoms with Crippen molar-refractivity contribution in [3.05, 3.63) is 35.4 Å². The molecule has 1 aromatic carbocycles. The molecule has 2 amide bonds. The van der Waals surface area contributed by atoms with E-state index in [9.17, 15) is 27.9 Å². The molecule has 1 aromatic rings. The van der Waals surface area contributed by atoms with Gasteiger partial charge in [0, 0.05) is 38.8 Å². The van der Waals surface area contributed by atoms with Crippen molar-refractivity contribution in [2.75, 3.05) is 33.2 Å². The van der Waals surface area contributed by atoms with E-state index >= 15 is 0 Å². The van der Waals surface area contributed by atoms with Gasteiger partial charge >= 0.3 is 6.18 Å². The zero-order valence-electron chi connectivity index (χ0n) is 14.9. The number of aliphatic hydroxyl groups is 1. The van der Waals surface area contributed by atoms with Gasteiger partial charge < -0.3 is 10.0 Å². The van der Waals surface area contributed by atoms with Crippen LogP contribution >= 0.6 is 0 Å². The Morgan fingerprint density at radius 1 is 1.08 bits per heavy atom. The number of carbonyl (C=O) groups excluding carboxylic acids is 2. The van der Waals surface area contributed by atoms with E-state index in [1.54, 1.807) is 24.2 Å². The summed E-state index contributed by atoms with van der Waals surface area (Å²) in [5.41, 5.74) is -1.90. The maximum Gasteiger partial charge on any atom is 0.426 e. The molecule has 0 bridgehead atoms. The topological polar surface area (TPSA) is 64.1 Å². The van der Waals surface area contributed by atoms with Crippen LogP contribution in [0.2, 0.25) is 0 Å². The number of carbonyl (C=O) groups is 2. The van der Waals surface area contributed by atoms with Gasteiger partial charge in [-0.25, -0.2) is 5.01 Å². The summed E-state index contributed by atoms with van der Waals surface area (Å²) in [5.74, 6) is -1.62. The molecule has 1 aliphatic rings. The predicted molar refractivity (Wildman–Crippen MR) is 88.1 cm³/mol. The third-order valence-electron chi connectivity index (χ3n) is 4.53. The van der Waals surface area contributed by atoms with Crippen LogP contribution < -0.4 is 0 Å². The Morgan fingerprint density at radius 3 is 2.04 bits per heavy atom. The summed E-state index contributed by atoms with van der Waals surface area (Å²) in [6, 6.07) is 7.04. The van der Waals surface area contributed by atoms with Crippen LogP contribution in [0.5, 0.6) is 0 Å². The zero-order chi connectivity index (χ0) is 19.7. The lowest BCUT2D eigenvalue weighted by Crippen LogP contribution is -2.61. The number of benzene rings is 1. The van der Waals surface area contributed by atoms with E-state index in [4.69, 9.17) is 0 Å². The molecule has 1 N–H and O–H groups in total. The highest BCUT2D eigenvalue weighted by Gasteiger charge is 2.57. The predicted octanol–water partition coefficient (Wildman–Crippen LogP) is 1.44. The average molecular weight is 373 g/mol. The second-order valence-electron chi connectivity index (χ2n) is 6.51. The Balaban J connectivity index is 1.98. The van der Waals surface area contributed by atoms with Crippen molar-refractivity contribution in [1.82, 2.24) is 14.9 Å². The molecule has 1 fully saturated rings. The molecule has 144 valence electrons. The van der Waals surface area contributed by atoms with E-state index in [0.717, 1.165) is 10.5 Å². The van der Waals surface area contributed by atoms with Crippen molar-refractivity contribution in [2.45, 2.75) is 25.6 Å². The minimum Gasteiger partial charge on any atom is -0.373 e. The number of nitrogens with zero attached hydrogens (tertiary/aromatic N) is 3. The fourth-order valence-corrected chi connectivity index (χ4v) is 2.64. The average Bonchev–Trinajstić information content (AvgIpc) is 2.59. The third-order valence-corrected chi connectivity index (χ3v) is 4.53. The summed E-state index contributed by atoms with van der Waals surface area (Å²) in [7, 11) is 1.57. The molecule has 6 nitrogen and oxygen atoms in total. The number of hydrogen-bond acceptors (Lipinski definition) is 4. The Labute approximate surface area is 149 Å². The number of hydrazine groups is 1. The first kappa shape index (κ1) is 20.2. The van der Waals surface area contributed by atoms with Gasteiger partial charge in [-0.15, -0.1) is 0 Å². The van der Waals surface area contributed by atoms with E-state index < -0.39 is 17.7 Å². The molecule has 0 aromatic heterocycles. The molecule has 26 heavy (non-hydrogen) atoms. The van der Waals surface area contributed by atoms with Gasteiger partial charge in [-0.1, -0.05) is 17.7 Å². The monoisotopic (exact) mass is 373 g/mol. The molecular weight excluding hydrogens is 351 g/mol. The third kappa shape index (κ3) is 3.99. The van der Waals surface area contributed by atoms with Gasteiger partial charge in [0.2, 0.25) is 5.60 Å². The van der Waals surface area contributed by atoms with Crippen molar-refractivity contribution in [3.63, 3.8) is 0 Å². The van der Waals surface area contributed by atoms with Crippen LogP contribution in [0.1, 0.15) is 22.8 Å². The SMILES string of the molecule is Cc1ccc(C(=O)N(C)N2CCN(C(=O)[C@@](C)(O)C(F)(F)F)CC2)cc1. The first-order valence-electron chi connectivity index (χ1n) is 8.13. The number of hydrogen-bond donors (Lipinski definition) is 1. The van der Waals surface area contributed by atoms with Gasteiger partial charge in [0.05, 0.1) is 0 Å². The lowest BCUT2D eigenvalue weighted by atomic mass is 10.0. The number of halogens is 3. The van der Waals surface area contributed by atoms with Crippen LogP contribution in [0.4, 0.5) is 13.2 Å². The van der Waals surface area contributed by atoms with Gasteiger partial charge in [-0.3, -0.25) is 14.6 Å². The lowest BCUT2D eigenvalue weighted by molar-refractivity contribution is -0.251. The molecule has 0 saturated carbocycles. The van der Waals surface area contributed by atoms with Crippen molar-refractivity contribution < 1.29 is 27.9 Å². The molecule has 0 radical (unpaired) electrons. The van der Waals surface area contributed by atoms with Crippen LogP contribution in [0.25, 0.3) is 0 Å². The smallest absolute Gasteiger partial charge is 0.373 e. The molecule has 1 aliphatic heterocycles. The minimum absolute atomic E-state index is 0.0173. The summed E-state index contributed by atoms with van der Waals surface area (Å²) in [6.07, 6.45) is -5.04. The summed E-state index contributed by atoms with van der Waals surface area (Å²) in [4.78, 5) is 25.4. The quantitative estimate of drug-likeness (QED) is 0.871. The molecular formula is C17H22F3N3O3. The van der Waals surface area contributed by atoms with E-state index in [2.05, 4.69) is 0 Å². The fourth-order valence-electron chi connectivity index (χ4n) is 2.64. The number of aryl methyl sites for hydroxylation is 1. The van der Waals surface area contributed by atoms with Crippen LogP contribution in [-0.2, 0) is 4.79 Å². The Hall–Kier alpha value is -2.13.